The molecule has 0 saturated heterocycles. The molecule has 1 heterocycles. The second kappa shape index (κ2) is 5.66. The molecule has 0 spiro atoms. The summed E-state index contributed by atoms with van der Waals surface area (Å²) in [5, 5.41) is 3.86. The largest absolute Gasteiger partial charge is 0.456 e. The SMILES string of the molecule is O=C(Nc1ccc2c(=O)c3ccccc3oc2c1)c1ccccc1. The summed E-state index contributed by atoms with van der Waals surface area (Å²) in [4.78, 5) is 24.7. The van der Waals surface area contributed by atoms with Crippen LogP contribution in [0.25, 0.3) is 21.9 Å². The molecule has 0 aliphatic carbocycles. The van der Waals surface area contributed by atoms with E-state index in [1.807, 2.05) is 12.1 Å². The molecule has 4 nitrogen and oxygen atoms in total. The Morgan fingerprint density at radius 1 is 0.792 bits per heavy atom. The van der Waals surface area contributed by atoms with Gasteiger partial charge in [0.1, 0.15) is 11.2 Å². The molecule has 1 N–H and O–H groups in total. The van der Waals surface area contributed by atoms with E-state index in [2.05, 4.69) is 5.32 Å². The van der Waals surface area contributed by atoms with Crippen molar-refractivity contribution in [3.05, 3.63) is 88.6 Å². The third-order valence-electron chi connectivity index (χ3n) is 3.87. The van der Waals surface area contributed by atoms with Crippen LogP contribution in [0.4, 0.5) is 5.69 Å². The van der Waals surface area contributed by atoms with Crippen molar-refractivity contribution < 1.29 is 9.21 Å². The van der Waals surface area contributed by atoms with E-state index in [4.69, 9.17) is 4.42 Å². The van der Waals surface area contributed by atoms with Gasteiger partial charge in [-0.05, 0) is 36.4 Å². The molecule has 0 bridgehead atoms. The van der Waals surface area contributed by atoms with Gasteiger partial charge in [-0.3, -0.25) is 9.59 Å². The lowest BCUT2D eigenvalue weighted by atomic mass is 10.1. The minimum Gasteiger partial charge on any atom is -0.456 e. The van der Waals surface area contributed by atoms with Crippen LogP contribution in [0.5, 0.6) is 0 Å². The second-order valence-electron chi connectivity index (χ2n) is 5.46. The van der Waals surface area contributed by atoms with Crippen molar-refractivity contribution in [2.45, 2.75) is 0 Å². The topological polar surface area (TPSA) is 59.3 Å². The van der Waals surface area contributed by atoms with Gasteiger partial charge in [0.2, 0.25) is 5.43 Å². The predicted octanol–water partition coefficient (Wildman–Crippen LogP) is 4.20. The van der Waals surface area contributed by atoms with E-state index in [0.717, 1.165) is 0 Å². The number of nitrogens with one attached hydrogen (secondary N) is 1. The highest BCUT2D eigenvalue weighted by Gasteiger charge is 2.10. The van der Waals surface area contributed by atoms with Gasteiger partial charge in [-0.2, -0.15) is 0 Å². The summed E-state index contributed by atoms with van der Waals surface area (Å²) in [5.41, 5.74) is 2.05. The average molecular weight is 315 g/mol. The highest BCUT2D eigenvalue weighted by molar-refractivity contribution is 6.05. The molecule has 4 rings (SSSR count). The number of anilines is 1. The maximum Gasteiger partial charge on any atom is 0.255 e. The lowest BCUT2D eigenvalue weighted by Gasteiger charge is -2.07. The summed E-state index contributed by atoms with van der Waals surface area (Å²) in [7, 11) is 0. The normalized spacial score (nSPS) is 10.8. The van der Waals surface area contributed by atoms with E-state index >= 15 is 0 Å². The Balaban J connectivity index is 1.77. The Morgan fingerprint density at radius 2 is 1.50 bits per heavy atom. The third kappa shape index (κ3) is 2.44. The Kier molecular flexibility index (Phi) is 3.35. The average Bonchev–Trinajstić information content (AvgIpc) is 2.62. The quantitative estimate of drug-likeness (QED) is 0.564. The van der Waals surface area contributed by atoms with E-state index < -0.39 is 0 Å². The Bertz CT molecular complexity index is 1110. The van der Waals surface area contributed by atoms with Crippen molar-refractivity contribution in [2.75, 3.05) is 5.32 Å². The number of amides is 1. The maximum atomic E-state index is 12.5. The van der Waals surface area contributed by atoms with Gasteiger partial charge in [-0.25, -0.2) is 0 Å². The summed E-state index contributed by atoms with van der Waals surface area (Å²) >= 11 is 0. The van der Waals surface area contributed by atoms with Crippen molar-refractivity contribution in [3.63, 3.8) is 0 Å². The summed E-state index contributed by atoms with van der Waals surface area (Å²) in [6.45, 7) is 0. The van der Waals surface area contributed by atoms with E-state index in [1.54, 1.807) is 60.7 Å². The van der Waals surface area contributed by atoms with Crippen LogP contribution in [0.1, 0.15) is 10.4 Å². The van der Waals surface area contributed by atoms with Crippen molar-refractivity contribution in [1.82, 2.24) is 0 Å². The first-order valence-electron chi connectivity index (χ1n) is 7.54. The van der Waals surface area contributed by atoms with Crippen LogP contribution in [-0.2, 0) is 0 Å². The van der Waals surface area contributed by atoms with Gasteiger partial charge in [0, 0.05) is 17.3 Å². The minimum atomic E-state index is -0.210. The van der Waals surface area contributed by atoms with Crippen molar-refractivity contribution in [3.8, 4) is 0 Å². The van der Waals surface area contributed by atoms with Gasteiger partial charge < -0.3 is 9.73 Å². The molecule has 1 amide bonds. The number of benzene rings is 3. The lowest BCUT2D eigenvalue weighted by Crippen LogP contribution is -2.11. The van der Waals surface area contributed by atoms with Gasteiger partial charge in [0.05, 0.1) is 10.8 Å². The van der Waals surface area contributed by atoms with Crippen LogP contribution in [-0.4, -0.2) is 5.91 Å². The molecule has 0 aliphatic rings. The molecule has 0 atom stereocenters. The number of rotatable bonds is 2. The van der Waals surface area contributed by atoms with Gasteiger partial charge in [-0.1, -0.05) is 30.3 Å². The Morgan fingerprint density at radius 3 is 2.33 bits per heavy atom. The zero-order valence-electron chi connectivity index (χ0n) is 12.7. The molecule has 0 unspecified atom stereocenters. The van der Waals surface area contributed by atoms with Crippen LogP contribution in [0.3, 0.4) is 0 Å². The Labute approximate surface area is 137 Å². The summed E-state index contributed by atoms with van der Waals surface area (Å²) < 4.78 is 5.80. The molecular weight excluding hydrogens is 302 g/mol. The van der Waals surface area contributed by atoms with Gasteiger partial charge in [-0.15, -0.1) is 0 Å². The summed E-state index contributed by atoms with van der Waals surface area (Å²) in [6, 6.07) is 21.1. The molecule has 0 radical (unpaired) electrons. The number of hydrogen-bond acceptors (Lipinski definition) is 3. The van der Waals surface area contributed by atoms with Gasteiger partial charge >= 0.3 is 0 Å². The summed E-state index contributed by atoms with van der Waals surface area (Å²) in [6.07, 6.45) is 0. The van der Waals surface area contributed by atoms with E-state index in [9.17, 15) is 9.59 Å². The predicted molar refractivity (Wildman–Crippen MR) is 94.4 cm³/mol. The standard InChI is InChI=1S/C20H13NO3/c22-19-15-8-4-5-9-17(15)24-18-12-14(10-11-16(18)19)21-20(23)13-6-2-1-3-7-13/h1-12H,(H,21,23). The van der Waals surface area contributed by atoms with Crippen LogP contribution in [0.2, 0.25) is 0 Å². The molecule has 24 heavy (non-hydrogen) atoms. The lowest BCUT2D eigenvalue weighted by molar-refractivity contribution is 0.102. The Hall–Kier alpha value is -3.40. The smallest absolute Gasteiger partial charge is 0.255 e. The third-order valence-corrected chi connectivity index (χ3v) is 3.87. The molecule has 1 aromatic heterocycles. The minimum absolute atomic E-state index is 0.0761. The molecule has 0 saturated carbocycles. The molecule has 4 heteroatoms. The first kappa shape index (κ1) is 14.2. The van der Waals surface area contributed by atoms with Crippen LogP contribution < -0.4 is 10.7 Å². The van der Waals surface area contributed by atoms with E-state index in [1.165, 1.54) is 0 Å². The second-order valence-corrected chi connectivity index (χ2v) is 5.46. The van der Waals surface area contributed by atoms with Crippen molar-refractivity contribution in [2.24, 2.45) is 0 Å². The van der Waals surface area contributed by atoms with Gasteiger partial charge in [0.25, 0.3) is 5.91 Å². The highest BCUT2D eigenvalue weighted by Crippen LogP contribution is 2.22. The zero-order chi connectivity index (χ0) is 16.5. The monoisotopic (exact) mass is 315 g/mol. The highest BCUT2D eigenvalue weighted by atomic mass is 16.3. The van der Waals surface area contributed by atoms with Crippen LogP contribution >= 0.6 is 0 Å². The molecular formula is C20H13NO3. The fourth-order valence-electron chi connectivity index (χ4n) is 2.67. The summed E-state index contributed by atoms with van der Waals surface area (Å²) in [5.74, 6) is -0.210. The number of fused-ring (bicyclic) bond motifs is 2. The van der Waals surface area contributed by atoms with Crippen LogP contribution in [0, 0.1) is 0 Å². The number of hydrogen-bond donors (Lipinski definition) is 1. The number of para-hydroxylation sites is 1. The van der Waals surface area contributed by atoms with Crippen molar-refractivity contribution >= 4 is 33.5 Å². The molecule has 0 fully saturated rings. The number of carbonyl (C=O) groups excluding carboxylic acids is 1. The molecule has 116 valence electrons. The van der Waals surface area contributed by atoms with Crippen LogP contribution in [0.15, 0.2) is 82.0 Å². The maximum absolute atomic E-state index is 12.5. The van der Waals surface area contributed by atoms with Gasteiger partial charge in [0.15, 0.2) is 0 Å². The molecule has 4 aromatic rings. The molecule has 0 aliphatic heterocycles. The number of carbonyl (C=O) groups is 1. The first-order chi connectivity index (χ1) is 11.7. The van der Waals surface area contributed by atoms with E-state index in [-0.39, 0.29) is 11.3 Å². The fourth-order valence-corrected chi connectivity index (χ4v) is 2.67. The van der Waals surface area contributed by atoms with E-state index in [0.29, 0.717) is 33.2 Å². The molecule has 3 aromatic carbocycles. The zero-order valence-corrected chi connectivity index (χ0v) is 12.7. The fraction of sp³-hybridized carbons (Fsp3) is 0. The first-order valence-corrected chi connectivity index (χ1v) is 7.54. The van der Waals surface area contributed by atoms with Crippen molar-refractivity contribution in [1.29, 1.82) is 0 Å².